The Morgan fingerprint density at radius 3 is 2.68 bits per heavy atom. The molecule has 0 radical (unpaired) electrons. The zero-order valence-corrected chi connectivity index (χ0v) is 24.5. The van der Waals surface area contributed by atoms with Crippen molar-refractivity contribution < 1.29 is 27.1 Å². The van der Waals surface area contributed by atoms with Crippen LogP contribution in [0.3, 0.4) is 0 Å². The molecule has 0 saturated carbocycles. The molecule has 0 fully saturated rings. The van der Waals surface area contributed by atoms with Crippen LogP contribution >= 0.6 is 0 Å². The van der Waals surface area contributed by atoms with Crippen molar-refractivity contribution >= 4 is 27.0 Å². The Hall–Kier alpha value is -3.83. The lowest BCUT2D eigenvalue weighted by Gasteiger charge is -2.24. The summed E-state index contributed by atoms with van der Waals surface area (Å²) in [4.78, 5) is 12.8. The van der Waals surface area contributed by atoms with Crippen LogP contribution < -0.4 is 4.74 Å². The Kier molecular flexibility index (Phi) is 7.85. The zero-order chi connectivity index (χ0) is 29.5. The van der Waals surface area contributed by atoms with Crippen molar-refractivity contribution in [1.82, 2.24) is 19.3 Å². The van der Waals surface area contributed by atoms with E-state index in [2.05, 4.69) is 10.3 Å². The van der Waals surface area contributed by atoms with Gasteiger partial charge in [0.2, 0.25) is 10.0 Å². The minimum atomic E-state index is -3.86. The lowest BCUT2D eigenvalue weighted by Crippen LogP contribution is -2.35. The summed E-state index contributed by atoms with van der Waals surface area (Å²) in [5.41, 5.74) is 4.05. The topological polar surface area (TPSA) is 104 Å². The summed E-state index contributed by atoms with van der Waals surface area (Å²) in [5, 5.41) is 8.00. The van der Waals surface area contributed by atoms with Gasteiger partial charge in [0.15, 0.2) is 5.82 Å². The molecule has 11 heteroatoms. The second-order valence-corrected chi connectivity index (χ2v) is 12.3. The molecule has 0 bridgehead atoms. The van der Waals surface area contributed by atoms with Crippen LogP contribution in [-0.2, 0) is 33.1 Å². The molecule has 9 nitrogen and oxygen atoms in total. The van der Waals surface area contributed by atoms with E-state index in [0.29, 0.717) is 22.4 Å². The second kappa shape index (κ2) is 11.2. The van der Waals surface area contributed by atoms with Crippen LogP contribution in [0.4, 0.5) is 4.39 Å². The summed E-state index contributed by atoms with van der Waals surface area (Å²) in [6.45, 7) is 7.74. The van der Waals surface area contributed by atoms with Gasteiger partial charge >= 0.3 is 5.97 Å². The number of ether oxygens (including phenoxy) is 2. The average Bonchev–Trinajstić information content (AvgIpc) is 3.29. The molecular weight excluding hydrogens is 547 g/mol. The highest BCUT2D eigenvalue weighted by Gasteiger charge is 2.34. The van der Waals surface area contributed by atoms with Crippen molar-refractivity contribution in [3.8, 4) is 5.75 Å². The standard InChI is InChI=1S/C30H33FN4O5S/c1-6-39-27(36)15-23(24-13-19(3)30-29(28(24)31)32-33-34(30)5)21-12-11-18(2)22(14-21)17-35-16-20(4)40-25-9-7-8-10-26(25)41(35,37)38/h7-14,20,23H,6,15-17H2,1-5H3. The Balaban J connectivity index is 1.58. The molecule has 1 aliphatic heterocycles. The van der Waals surface area contributed by atoms with Crippen LogP contribution in [-0.4, -0.2) is 52.9 Å². The summed E-state index contributed by atoms with van der Waals surface area (Å²) >= 11 is 0. The Morgan fingerprint density at radius 2 is 1.93 bits per heavy atom. The first-order chi connectivity index (χ1) is 19.5. The maximum atomic E-state index is 15.9. The van der Waals surface area contributed by atoms with Gasteiger partial charge in [-0.05, 0) is 67.6 Å². The van der Waals surface area contributed by atoms with Crippen LogP contribution in [0.2, 0.25) is 0 Å². The maximum absolute atomic E-state index is 15.9. The van der Waals surface area contributed by atoms with Crippen molar-refractivity contribution in [2.45, 2.75) is 57.6 Å². The van der Waals surface area contributed by atoms with Crippen molar-refractivity contribution in [2.75, 3.05) is 13.2 Å². The Labute approximate surface area is 238 Å². The van der Waals surface area contributed by atoms with Gasteiger partial charge in [0, 0.05) is 19.5 Å². The summed E-state index contributed by atoms with van der Waals surface area (Å²) in [5.74, 6) is -1.38. The number of sulfonamides is 1. The van der Waals surface area contributed by atoms with Gasteiger partial charge in [-0.3, -0.25) is 4.79 Å². The number of carbonyl (C=O) groups excluding carboxylic acids is 1. The first kappa shape index (κ1) is 28.7. The van der Waals surface area contributed by atoms with E-state index in [4.69, 9.17) is 9.47 Å². The number of aryl methyl sites for hydroxylation is 3. The number of hydrogen-bond donors (Lipinski definition) is 0. The molecule has 2 heterocycles. The van der Waals surface area contributed by atoms with E-state index in [1.807, 2.05) is 39.0 Å². The maximum Gasteiger partial charge on any atom is 0.306 e. The second-order valence-electron chi connectivity index (χ2n) is 10.4. The van der Waals surface area contributed by atoms with Crippen LogP contribution in [0.15, 0.2) is 53.4 Å². The minimum absolute atomic E-state index is 0.0842. The summed E-state index contributed by atoms with van der Waals surface area (Å²) < 4.78 is 57.4. The van der Waals surface area contributed by atoms with E-state index >= 15 is 4.39 Å². The SMILES string of the molecule is CCOC(=O)CC(c1ccc(C)c(CN2CC(C)Oc3ccccc3S2(=O)=O)c1)c1cc(C)c2c(nnn2C)c1F. The fourth-order valence-corrected chi connectivity index (χ4v) is 7.07. The third-order valence-corrected chi connectivity index (χ3v) is 9.31. The molecule has 4 aromatic rings. The number of nitrogens with zero attached hydrogens (tertiary/aromatic N) is 4. The highest BCUT2D eigenvalue weighted by molar-refractivity contribution is 7.89. The number of hydrogen-bond acceptors (Lipinski definition) is 7. The summed E-state index contributed by atoms with van der Waals surface area (Å²) in [6.07, 6.45) is -0.470. The van der Waals surface area contributed by atoms with Crippen LogP contribution in [0.5, 0.6) is 5.75 Å². The normalized spacial score (nSPS) is 17.5. The molecule has 0 N–H and O–H groups in total. The van der Waals surface area contributed by atoms with Gasteiger partial charge < -0.3 is 9.47 Å². The van der Waals surface area contributed by atoms with Crippen molar-refractivity contribution in [2.24, 2.45) is 7.05 Å². The van der Waals surface area contributed by atoms with Gasteiger partial charge in [-0.25, -0.2) is 17.5 Å². The highest BCUT2D eigenvalue weighted by atomic mass is 32.2. The molecule has 0 amide bonds. The predicted octanol–water partition coefficient (Wildman–Crippen LogP) is 4.78. The summed E-state index contributed by atoms with van der Waals surface area (Å²) in [6, 6.07) is 13.9. The first-order valence-electron chi connectivity index (χ1n) is 13.5. The number of aromatic nitrogens is 3. The molecule has 0 spiro atoms. The van der Waals surface area contributed by atoms with Gasteiger partial charge in [0.05, 0.1) is 25.1 Å². The predicted molar refractivity (Wildman–Crippen MR) is 152 cm³/mol. The largest absolute Gasteiger partial charge is 0.488 e. The van der Waals surface area contributed by atoms with Crippen molar-refractivity contribution in [3.63, 3.8) is 0 Å². The molecule has 2 unspecified atom stereocenters. The molecule has 0 aliphatic carbocycles. The smallest absolute Gasteiger partial charge is 0.306 e. The van der Waals surface area contributed by atoms with E-state index < -0.39 is 27.7 Å². The van der Waals surface area contributed by atoms with Gasteiger partial charge in [-0.2, -0.15) is 4.31 Å². The van der Waals surface area contributed by atoms with E-state index in [-0.39, 0.29) is 42.6 Å². The van der Waals surface area contributed by atoms with Crippen LogP contribution in [0, 0.1) is 19.7 Å². The van der Waals surface area contributed by atoms with Gasteiger partial charge in [0.25, 0.3) is 0 Å². The molecule has 216 valence electrons. The Morgan fingerprint density at radius 1 is 1.17 bits per heavy atom. The zero-order valence-electron chi connectivity index (χ0n) is 23.7. The highest BCUT2D eigenvalue weighted by Crippen LogP contribution is 2.37. The molecule has 0 saturated heterocycles. The van der Waals surface area contributed by atoms with Crippen molar-refractivity contribution in [3.05, 3.63) is 82.2 Å². The third kappa shape index (κ3) is 5.43. The number of halogens is 1. The van der Waals surface area contributed by atoms with Gasteiger partial charge in [-0.15, -0.1) is 5.10 Å². The van der Waals surface area contributed by atoms with E-state index in [1.54, 1.807) is 44.3 Å². The number of carbonyl (C=O) groups is 1. The molecule has 41 heavy (non-hydrogen) atoms. The van der Waals surface area contributed by atoms with Gasteiger partial charge in [-0.1, -0.05) is 41.6 Å². The number of benzene rings is 3. The van der Waals surface area contributed by atoms with E-state index in [1.165, 1.54) is 8.99 Å². The summed E-state index contributed by atoms with van der Waals surface area (Å²) in [7, 11) is -2.16. The lowest BCUT2D eigenvalue weighted by molar-refractivity contribution is -0.143. The fraction of sp³-hybridized carbons (Fsp3) is 0.367. The molecule has 1 aliphatic rings. The molecular formula is C30H33FN4O5S. The molecule has 3 aromatic carbocycles. The number of para-hydroxylation sites is 1. The third-order valence-electron chi connectivity index (χ3n) is 7.46. The van der Waals surface area contributed by atoms with E-state index in [9.17, 15) is 13.2 Å². The van der Waals surface area contributed by atoms with E-state index in [0.717, 1.165) is 16.7 Å². The van der Waals surface area contributed by atoms with Crippen LogP contribution in [0.1, 0.15) is 54.0 Å². The number of esters is 1. The fourth-order valence-electron chi connectivity index (χ4n) is 5.45. The lowest BCUT2D eigenvalue weighted by atomic mass is 9.85. The average molecular weight is 581 g/mol. The van der Waals surface area contributed by atoms with Gasteiger partial charge in [0.1, 0.15) is 22.3 Å². The number of fused-ring (bicyclic) bond motifs is 2. The Bertz CT molecular complexity index is 1740. The first-order valence-corrected chi connectivity index (χ1v) is 14.9. The molecule has 2 atom stereocenters. The van der Waals surface area contributed by atoms with Crippen LogP contribution in [0.25, 0.3) is 11.0 Å². The van der Waals surface area contributed by atoms with Crippen molar-refractivity contribution in [1.29, 1.82) is 0 Å². The minimum Gasteiger partial charge on any atom is -0.488 e. The molecule has 1 aromatic heterocycles. The number of rotatable bonds is 7. The quantitative estimate of drug-likeness (QED) is 0.290. The monoisotopic (exact) mass is 580 g/mol. The molecule has 5 rings (SSSR count).